The number of anilines is 1. The van der Waals surface area contributed by atoms with Gasteiger partial charge in [-0.2, -0.15) is 0 Å². The SMILES string of the molecule is Cl.O=C(/C=C/c1cnc(NCCNC(=O)c2ccc(Cl)cc2)cn1)NO. The Balaban J connectivity index is 0.00000338. The number of aromatic nitrogens is 2. The zero-order valence-corrected chi connectivity index (χ0v) is 15.0. The maximum absolute atomic E-state index is 11.9. The van der Waals surface area contributed by atoms with Gasteiger partial charge in [-0.25, -0.2) is 10.5 Å². The number of hydrogen-bond donors (Lipinski definition) is 4. The minimum atomic E-state index is -0.652. The number of nitrogens with one attached hydrogen (secondary N) is 3. The highest BCUT2D eigenvalue weighted by Gasteiger charge is 2.04. The normalized spacial score (nSPS) is 10.1. The lowest BCUT2D eigenvalue weighted by Gasteiger charge is -2.07. The minimum Gasteiger partial charge on any atom is -0.367 e. The summed E-state index contributed by atoms with van der Waals surface area (Å²) in [5, 5.41) is 14.7. The minimum absolute atomic E-state index is 0. The number of benzene rings is 1. The maximum Gasteiger partial charge on any atom is 0.267 e. The summed E-state index contributed by atoms with van der Waals surface area (Å²) in [7, 11) is 0. The molecule has 10 heteroatoms. The van der Waals surface area contributed by atoms with Gasteiger partial charge in [0.15, 0.2) is 0 Å². The van der Waals surface area contributed by atoms with Gasteiger partial charge in [0.1, 0.15) is 5.82 Å². The fourth-order valence-electron chi connectivity index (χ4n) is 1.78. The van der Waals surface area contributed by atoms with Gasteiger partial charge in [0.2, 0.25) is 0 Å². The molecule has 0 unspecified atom stereocenters. The van der Waals surface area contributed by atoms with Gasteiger partial charge in [0.25, 0.3) is 11.8 Å². The van der Waals surface area contributed by atoms with E-state index in [2.05, 4.69) is 20.6 Å². The Hall–Kier alpha value is -2.68. The molecule has 26 heavy (non-hydrogen) atoms. The van der Waals surface area contributed by atoms with Crippen molar-refractivity contribution in [1.29, 1.82) is 0 Å². The smallest absolute Gasteiger partial charge is 0.267 e. The molecule has 0 bridgehead atoms. The van der Waals surface area contributed by atoms with Crippen molar-refractivity contribution in [3.63, 3.8) is 0 Å². The molecule has 0 aliphatic rings. The van der Waals surface area contributed by atoms with Crippen LogP contribution < -0.4 is 16.1 Å². The fraction of sp³-hybridized carbons (Fsp3) is 0.125. The van der Waals surface area contributed by atoms with Crippen LogP contribution in [0, 0.1) is 0 Å². The lowest BCUT2D eigenvalue weighted by Crippen LogP contribution is -2.28. The topological polar surface area (TPSA) is 116 Å². The molecule has 0 aliphatic heterocycles. The van der Waals surface area contributed by atoms with Crippen molar-refractivity contribution in [2.45, 2.75) is 0 Å². The van der Waals surface area contributed by atoms with Crippen molar-refractivity contribution >= 4 is 47.7 Å². The molecule has 0 spiro atoms. The van der Waals surface area contributed by atoms with E-state index in [1.165, 1.54) is 23.9 Å². The van der Waals surface area contributed by atoms with Crippen molar-refractivity contribution in [3.05, 3.63) is 59.0 Å². The molecule has 4 N–H and O–H groups in total. The van der Waals surface area contributed by atoms with E-state index in [9.17, 15) is 9.59 Å². The number of nitrogens with zero attached hydrogens (tertiary/aromatic N) is 2. The van der Waals surface area contributed by atoms with Crippen molar-refractivity contribution in [2.24, 2.45) is 0 Å². The fourth-order valence-corrected chi connectivity index (χ4v) is 1.91. The van der Waals surface area contributed by atoms with E-state index in [0.717, 1.165) is 6.08 Å². The highest BCUT2D eigenvalue weighted by atomic mass is 35.5. The molecule has 138 valence electrons. The summed E-state index contributed by atoms with van der Waals surface area (Å²) >= 11 is 5.78. The molecule has 0 aliphatic carbocycles. The zero-order valence-electron chi connectivity index (χ0n) is 13.5. The summed E-state index contributed by atoms with van der Waals surface area (Å²) in [5.74, 6) is -0.308. The van der Waals surface area contributed by atoms with Crippen molar-refractivity contribution in [1.82, 2.24) is 20.8 Å². The zero-order chi connectivity index (χ0) is 18.1. The van der Waals surface area contributed by atoms with Gasteiger partial charge in [-0.3, -0.25) is 19.8 Å². The second kappa shape index (κ2) is 11.0. The Morgan fingerprint density at radius 3 is 2.46 bits per heavy atom. The van der Waals surface area contributed by atoms with E-state index in [0.29, 0.717) is 35.2 Å². The van der Waals surface area contributed by atoms with Crippen LogP contribution in [-0.4, -0.2) is 40.1 Å². The quantitative estimate of drug-likeness (QED) is 0.245. The second-order valence-electron chi connectivity index (χ2n) is 4.83. The molecule has 1 aromatic carbocycles. The predicted molar refractivity (Wildman–Crippen MR) is 101 cm³/mol. The highest BCUT2D eigenvalue weighted by Crippen LogP contribution is 2.09. The van der Waals surface area contributed by atoms with E-state index in [4.69, 9.17) is 16.8 Å². The van der Waals surface area contributed by atoms with E-state index >= 15 is 0 Å². The van der Waals surface area contributed by atoms with Crippen LogP contribution in [0.2, 0.25) is 5.02 Å². The molecule has 0 radical (unpaired) electrons. The predicted octanol–water partition coefficient (Wildman–Crippen LogP) is 1.91. The number of halogens is 2. The van der Waals surface area contributed by atoms with E-state index in [1.807, 2.05) is 0 Å². The number of carbonyl (C=O) groups excluding carboxylic acids is 2. The summed E-state index contributed by atoms with van der Waals surface area (Å²) < 4.78 is 0. The molecule has 8 nitrogen and oxygen atoms in total. The monoisotopic (exact) mass is 397 g/mol. The molecule has 2 rings (SSSR count). The van der Waals surface area contributed by atoms with Gasteiger partial charge in [-0.15, -0.1) is 12.4 Å². The third-order valence-electron chi connectivity index (χ3n) is 3.01. The molecule has 0 saturated carbocycles. The first-order chi connectivity index (χ1) is 12.1. The summed E-state index contributed by atoms with van der Waals surface area (Å²) in [5.41, 5.74) is 2.47. The summed E-state index contributed by atoms with van der Waals surface area (Å²) in [6, 6.07) is 6.62. The average molecular weight is 398 g/mol. The maximum atomic E-state index is 11.9. The first kappa shape index (κ1) is 21.4. The Morgan fingerprint density at radius 2 is 1.85 bits per heavy atom. The third-order valence-corrected chi connectivity index (χ3v) is 3.26. The number of hydroxylamine groups is 1. The number of carbonyl (C=O) groups is 2. The van der Waals surface area contributed by atoms with Crippen LogP contribution in [0.25, 0.3) is 6.08 Å². The number of amides is 2. The third kappa shape index (κ3) is 7.06. The molecule has 0 fully saturated rings. The largest absolute Gasteiger partial charge is 0.367 e. The second-order valence-corrected chi connectivity index (χ2v) is 5.26. The number of rotatable bonds is 7. The van der Waals surface area contributed by atoms with Gasteiger partial charge in [-0.05, 0) is 30.3 Å². The molecular weight excluding hydrogens is 381 g/mol. The van der Waals surface area contributed by atoms with Crippen LogP contribution >= 0.6 is 24.0 Å². The van der Waals surface area contributed by atoms with Crippen molar-refractivity contribution < 1.29 is 14.8 Å². The molecule has 0 saturated heterocycles. The van der Waals surface area contributed by atoms with Gasteiger partial charge in [0, 0.05) is 29.8 Å². The average Bonchev–Trinajstić information content (AvgIpc) is 2.64. The Labute approximate surface area is 161 Å². The first-order valence-corrected chi connectivity index (χ1v) is 7.68. The standard InChI is InChI=1S/C16H16ClN5O3.ClH/c17-12-3-1-11(2-4-12)16(24)19-8-7-18-14-10-20-13(9-21-14)5-6-15(23)22-25;/h1-6,9-10,25H,7-8H2,(H,18,21)(H,19,24)(H,22,23);1H/b6-5+;. The van der Waals surface area contributed by atoms with Gasteiger partial charge in [0.05, 0.1) is 18.1 Å². The van der Waals surface area contributed by atoms with E-state index in [-0.39, 0.29) is 18.3 Å². The van der Waals surface area contributed by atoms with Crippen LogP contribution in [0.4, 0.5) is 5.82 Å². The van der Waals surface area contributed by atoms with Crippen molar-refractivity contribution in [3.8, 4) is 0 Å². The van der Waals surface area contributed by atoms with Crippen LogP contribution in [-0.2, 0) is 4.79 Å². The van der Waals surface area contributed by atoms with E-state index < -0.39 is 5.91 Å². The van der Waals surface area contributed by atoms with Crippen LogP contribution in [0.1, 0.15) is 16.1 Å². The summed E-state index contributed by atoms with van der Waals surface area (Å²) in [4.78, 5) is 30.9. The Morgan fingerprint density at radius 1 is 1.12 bits per heavy atom. The van der Waals surface area contributed by atoms with Gasteiger partial charge >= 0.3 is 0 Å². The Bertz CT molecular complexity index is 751. The van der Waals surface area contributed by atoms with Gasteiger partial charge in [-0.1, -0.05) is 11.6 Å². The molecule has 1 aromatic heterocycles. The van der Waals surface area contributed by atoms with Gasteiger partial charge < -0.3 is 10.6 Å². The summed E-state index contributed by atoms with van der Waals surface area (Å²) in [6.07, 6.45) is 5.51. The number of hydrogen-bond acceptors (Lipinski definition) is 6. The lowest BCUT2D eigenvalue weighted by molar-refractivity contribution is -0.124. The molecule has 1 heterocycles. The highest BCUT2D eigenvalue weighted by molar-refractivity contribution is 6.30. The van der Waals surface area contributed by atoms with Crippen LogP contribution in [0.3, 0.4) is 0 Å². The lowest BCUT2D eigenvalue weighted by atomic mass is 10.2. The van der Waals surface area contributed by atoms with Crippen LogP contribution in [0.15, 0.2) is 42.7 Å². The van der Waals surface area contributed by atoms with E-state index in [1.54, 1.807) is 24.3 Å². The van der Waals surface area contributed by atoms with Crippen molar-refractivity contribution in [2.75, 3.05) is 18.4 Å². The molecule has 0 atom stereocenters. The molecular formula is C16H17Cl2N5O3. The first-order valence-electron chi connectivity index (χ1n) is 7.30. The molecule has 2 aromatic rings. The molecule has 2 amide bonds. The van der Waals surface area contributed by atoms with Crippen LogP contribution in [0.5, 0.6) is 0 Å². The summed E-state index contributed by atoms with van der Waals surface area (Å²) in [6.45, 7) is 0.873. The Kier molecular flexibility index (Phi) is 9.07.